The van der Waals surface area contributed by atoms with E-state index in [-0.39, 0.29) is 31.1 Å². The molecular weight excluding hydrogens is 664 g/mol. The van der Waals surface area contributed by atoms with Crippen molar-refractivity contribution < 1.29 is 32.2 Å². The minimum absolute atomic E-state index is 0.102. The van der Waals surface area contributed by atoms with Crippen LogP contribution < -0.4 is 9.64 Å². The highest BCUT2D eigenvalue weighted by atomic mass is 19.4. The van der Waals surface area contributed by atoms with Gasteiger partial charge >= 0.3 is 6.18 Å². The number of rotatable bonds is 8. The summed E-state index contributed by atoms with van der Waals surface area (Å²) in [5, 5.41) is 11.5. The Kier molecular flexibility index (Phi) is 8.73. The lowest BCUT2D eigenvalue weighted by Crippen LogP contribution is -2.48. The van der Waals surface area contributed by atoms with E-state index in [0.717, 1.165) is 40.6 Å². The molecule has 3 aromatic heterocycles. The molecule has 0 spiro atoms. The number of aromatic amines is 1. The molecule has 5 aromatic rings. The number of benzene rings is 2. The molecule has 1 saturated carbocycles. The van der Waals surface area contributed by atoms with Crippen molar-refractivity contribution in [2.45, 2.75) is 38.1 Å². The van der Waals surface area contributed by atoms with Crippen LogP contribution in [0.2, 0.25) is 0 Å². The van der Waals surface area contributed by atoms with Gasteiger partial charge in [-0.3, -0.25) is 19.6 Å². The highest BCUT2D eigenvalue weighted by Crippen LogP contribution is 2.44. The third kappa shape index (κ3) is 6.80. The molecule has 0 unspecified atom stereocenters. The van der Waals surface area contributed by atoms with Gasteiger partial charge in [0.15, 0.2) is 0 Å². The van der Waals surface area contributed by atoms with Crippen LogP contribution in [0.25, 0.3) is 33.5 Å². The second kappa shape index (κ2) is 13.4. The number of nitrogens with zero attached hydrogens (tertiary/aromatic N) is 5. The first kappa shape index (κ1) is 33.3. The molecular formula is C38H36F4N6O3. The van der Waals surface area contributed by atoms with Gasteiger partial charge in [-0.15, -0.1) is 0 Å². The number of halogens is 4. The standard InChI is InChI=1S/C38H36F4N6O3/c39-30-16-25(24-5-6-24)17-34-35(30)37(50)48(14-15-51-34)33-3-1-2-26(29(33)21-49)27-8-9-43-36-28(27)18-32(45-36)31-7-4-23(19-44-31)20-46-10-12-47(13-11-46)22-38(40,41)42/h1-4,7-9,16-19,24,49H,5-6,10-15,20-22H2,(H,43,45). The maximum atomic E-state index is 15.4. The SMILES string of the molecule is O=C1c2c(F)cc(C3CC3)cc2OCCN1c1cccc(-c2ccnc3[nH]c(-c4ccc(CN5CCN(CC(F)(F)F)CC5)cn4)cc23)c1CO. The number of anilines is 1. The minimum atomic E-state index is -4.19. The van der Waals surface area contributed by atoms with E-state index in [2.05, 4.69) is 19.9 Å². The van der Waals surface area contributed by atoms with Crippen molar-refractivity contribution in [2.24, 2.45) is 0 Å². The number of fused-ring (bicyclic) bond motifs is 2. The van der Waals surface area contributed by atoms with Crippen LogP contribution in [-0.2, 0) is 13.2 Å². The Labute approximate surface area is 291 Å². The number of pyridine rings is 2. The zero-order chi connectivity index (χ0) is 35.3. The third-order valence-corrected chi connectivity index (χ3v) is 9.95. The summed E-state index contributed by atoms with van der Waals surface area (Å²) in [7, 11) is 0. The first-order valence-corrected chi connectivity index (χ1v) is 17.1. The van der Waals surface area contributed by atoms with E-state index < -0.39 is 24.4 Å². The fraction of sp³-hybridized carbons (Fsp3) is 0.342. The maximum Gasteiger partial charge on any atom is 0.401 e. The van der Waals surface area contributed by atoms with Crippen molar-refractivity contribution >= 4 is 22.6 Å². The average Bonchev–Trinajstić information content (AvgIpc) is 3.90. The van der Waals surface area contributed by atoms with Gasteiger partial charge in [0.25, 0.3) is 5.91 Å². The molecule has 264 valence electrons. The molecule has 2 aromatic carbocycles. The van der Waals surface area contributed by atoms with E-state index in [1.165, 1.54) is 15.9 Å². The fourth-order valence-corrected chi connectivity index (χ4v) is 7.23. The Morgan fingerprint density at radius 2 is 1.75 bits per heavy atom. The molecule has 0 bridgehead atoms. The second-order valence-electron chi connectivity index (χ2n) is 13.4. The average molecular weight is 701 g/mol. The number of H-pyrrole nitrogens is 1. The van der Waals surface area contributed by atoms with Crippen LogP contribution in [0.15, 0.2) is 67.0 Å². The molecule has 13 heteroatoms. The Balaban J connectivity index is 1.04. The molecule has 1 aliphatic carbocycles. The number of carbonyl (C=O) groups is 1. The predicted octanol–water partition coefficient (Wildman–Crippen LogP) is 6.52. The summed E-state index contributed by atoms with van der Waals surface area (Å²) in [5.41, 5.74) is 6.22. The zero-order valence-corrected chi connectivity index (χ0v) is 27.7. The van der Waals surface area contributed by atoms with Gasteiger partial charge < -0.3 is 19.7 Å². The number of carbonyl (C=O) groups excluding carboxylic acids is 1. The van der Waals surface area contributed by atoms with Gasteiger partial charge in [0.1, 0.15) is 29.4 Å². The Morgan fingerprint density at radius 1 is 0.941 bits per heavy atom. The Morgan fingerprint density at radius 3 is 2.47 bits per heavy atom. The molecule has 5 heterocycles. The van der Waals surface area contributed by atoms with Gasteiger partial charge in [-0.1, -0.05) is 18.2 Å². The first-order valence-electron chi connectivity index (χ1n) is 17.1. The quantitative estimate of drug-likeness (QED) is 0.178. The van der Waals surface area contributed by atoms with Crippen LogP contribution >= 0.6 is 0 Å². The fourth-order valence-electron chi connectivity index (χ4n) is 7.23. The smallest absolute Gasteiger partial charge is 0.401 e. The second-order valence-corrected chi connectivity index (χ2v) is 13.4. The number of hydrogen-bond acceptors (Lipinski definition) is 7. The molecule has 1 saturated heterocycles. The number of aliphatic hydroxyl groups excluding tert-OH is 1. The van der Waals surface area contributed by atoms with Crippen molar-refractivity contribution in [2.75, 3.05) is 50.8 Å². The largest absolute Gasteiger partial charge is 0.491 e. The molecule has 51 heavy (non-hydrogen) atoms. The predicted molar refractivity (Wildman–Crippen MR) is 184 cm³/mol. The molecule has 2 aliphatic heterocycles. The van der Waals surface area contributed by atoms with E-state index >= 15 is 4.39 Å². The number of aromatic nitrogens is 3. The summed E-state index contributed by atoms with van der Waals surface area (Å²) in [6.45, 7) is 1.54. The zero-order valence-electron chi connectivity index (χ0n) is 27.7. The Bertz CT molecular complexity index is 2090. The van der Waals surface area contributed by atoms with Crippen LogP contribution in [0.3, 0.4) is 0 Å². The monoisotopic (exact) mass is 700 g/mol. The van der Waals surface area contributed by atoms with Gasteiger partial charge in [0.2, 0.25) is 0 Å². The molecule has 0 atom stereocenters. The summed E-state index contributed by atoms with van der Waals surface area (Å²) in [6, 6.07) is 16.3. The summed E-state index contributed by atoms with van der Waals surface area (Å²) >= 11 is 0. The van der Waals surface area contributed by atoms with Gasteiger partial charge in [-0.2, -0.15) is 13.2 Å². The van der Waals surface area contributed by atoms with E-state index in [9.17, 15) is 23.1 Å². The third-order valence-electron chi connectivity index (χ3n) is 9.95. The number of ether oxygens (including phenoxy) is 1. The number of amides is 1. The Hall–Kier alpha value is -4.85. The minimum Gasteiger partial charge on any atom is -0.491 e. The molecule has 2 N–H and O–H groups in total. The summed E-state index contributed by atoms with van der Waals surface area (Å²) < 4.78 is 59.6. The summed E-state index contributed by atoms with van der Waals surface area (Å²) in [4.78, 5) is 31.5. The van der Waals surface area contributed by atoms with Crippen molar-refractivity contribution in [1.82, 2.24) is 24.8 Å². The van der Waals surface area contributed by atoms with E-state index in [0.29, 0.717) is 66.8 Å². The van der Waals surface area contributed by atoms with Crippen LogP contribution in [-0.4, -0.2) is 87.8 Å². The van der Waals surface area contributed by atoms with Gasteiger partial charge in [0.05, 0.1) is 36.8 Å². The number of alkyl halides is 3. The lowest BCUT2D eigenvalue weighted by Gasteiger charge is -2.34. The van der Waals surface area contributed by atoms with Crippen molar-refractivity contribution in [3.63, 3.8) is 0 Å². The van der Waals surface area contributed by atoms with Crippen LogP contribution in [0.5, 0.6) is 5.75 Å². The van der Waals surface area contributed by atoms with E-state index in [1.54, 1.807) is 24.5 Å². The van der Waals surface area contributed by atoms with Crippen LogP contribution in [0, 0.1) is 5.82 Å². The number of piperazine rings is 1. The number of hydrogen-bond donors (Lipinski definition) is 2. The highest BCUT2D eigenvalue weighted by Gasteiger charge is 2.34. The normalized spacial score (nSPS) is 17.4. The van der Waals surface area contributed by atoms with Crippen LogP contribution in [0.4, 0.5) is 23.2 Å². The lowest BCUT2D eigenvalue weighted by atomic mass is 9.96. The molecule has 9 nitrogen and oxygen atoms in total. The molecule has 2 fully saturated rings. The summed E-state index contributed by atoms with van der Waals surface area (Å²) in [5.74, 6) is -0.562. The van der Waals surface area contributed by atoms with E-state index in [1.807, 2.05) is 36.4 Å². The van der Waals surface area contributed by atoms with Gasteiger partial charge in [0, 0.05) is 56.1 Å². The number of nitrogens with one attached hydrogen (secondary N) is 1. The topological polar surface area (TPSA) is 97.8 Å². The van der Waals surface area contributed by atoms with Crippen LogP contribution in [0.1, 0.15) is 45.8 Å². The van der Waals surface area contributed by atoms with Crippen molar-refractivity contribution in [1.29, 1.82) is 0 Å². The summed E-state index contributed by atoms with van der Waals surface area (Å²) in [6.07, 6.45) is 1.25. The maximum absolute atomic E-state index is 15.4. The first-order chi connectivity index (χ1) is 24.6. The molecule has 8 rings (SSSR count). The van der Waals surface area contributed by atoms with Gasteiger partial charge in [-0.25, -0.2) is 9.37 Å². The van der Waals surface area contributed by atoms with Crippen molar-refractivity contribution in [3.05, 3.63) is 95.1 Å². The molecule has 3 aliphatic rings. The molecule has 1 amide bonds. The molecule has 0 radical (unpaired) electrons. The highest BCUT2D eigenvalue weighted by molar-refractivity contribution is 6.09. The van der Waals surface area contributed by atoms with Crippen molar-refractivity contribution in [3.8, 4) is 28.3 Å². The van der Waals surface area contributed by atoms with E-state index in [4.69, 9.17) is 4.74 Å². The lowest BCUT2D eigenvalue weighted by molar-refractivity contribution is -0.149. The van der Waals surface area contributed by atoms with Gasteiger partial charge in [-0.05, 0) is 77.4 Å². The number of aliphatic hydroxyl groups is 1.